The van der Waals surface area contributed by atoms with Gasteiger partial charge in [-0.1, -0.05) is 29.3 Å². The van der Waals surface area contributed by atoms with Crippen LogP contribution >= 0.6 is 0 Å². The third kappa shape index (κ3) is 3.48. The molecule has 2 atom stereocenters. The number of nitrogens with zero attached hydrogens (tertiary/aromatic N) is 3. The lowest BCUT2D eigenvalue weighted by atomic mass is 10.0. The molecule has 1 aromatic carbocycles. The molecule has 0 amide bonds. The smallest absolute Gasteiger partial charge is 0.238 e. The Bertz CT molecular complexity index is 589. The van der Waals surface area contributed by atoms with E-state index in [1.807, 2.05) is 26.0 Å². The van der Waals surface area contributed by atoms with Gasteiger partial charge in [0, 0.05) is 6.26 Å². The molecule has 0 aliphatic carbocycles. The van der Waals surface area contributed by atoms with Gasteiger partial charge < -0.3 is 5.11 Å². The van der Waals surface area contributed by atoms with Crippen LogP contribution in [0.3, 0.4) is 0 Å². The van der Waals surface area contributed by atoms with Crippen molar-refractivity contribution in [3.8, 4) is 0 Å². The van der Waals surface area contributed by atoms with Gasteiger partial charge in [0.1, 0.15) is 6.33 Å². The fourth-order valence-electron chi connectivity index (χ4n) is 1.98. The molecule has 0 fully saturated rings. The highest BCUT2D eigenvalue weighted by molar-refractivity contribution is 7.84. The second-order valence-corrected chi connectivity index (χ2v) is 5.91. The summed E-state index contributed by atoms with van der Waals surface area (Å²) in [6.45, 7) is 4.29. The van der Waals surface area contributed by atoms with Gasteiger partial charge in [0.05, 0.1) is 23.4 Å². The molecule has 1 heterocycles. The second kappa shape index (κ2) is 5.63. The maximum atomic E-state index is 11.2. The van der Waals surface area contributed by atoms with Gasteiger partial charge in [-0.05, 0) is 19.4 Å². The van der Waals surface area contributed by atoms with Gasteiger partial charge in [0.2, 0.25) is 5.16 Å². The lowest BCUT2D eigenvalue weighted by Gasteiger charge is -2.12. The van der Waals surface area contributed by atoms with E-state index in [-0.39, 0.29) is 5.16 Å². The zero-order chi connectivity index (χ0) is 14.0. The number of aliphatic hydroxyl groups excluding tert-OH is 1. The summed E-state index contributed by atoms with van der Waals surface area (Å²) in [7, 11) is -1.20. The first-order valence-electron chi connectivity index (χ1n) is 5.95. The number of benzene rings is 1. The molecule has 0 saturated carbocycles. The third-order valence-corrected chi connectivity index (χ3v) is 3.46. The largest absolute Gasteiger partial charge is 0.386 e. The summed E-state index contributed by atoms with van der Waals surface area (Å²) in [5, 5.41) is 14.6. The molecule has 19 heavy (non-hydrogen) atoms. The average molecular weight is 279 g/mol. The van der Waals surface area contributed by atoms with Crippen molar-refractivity contribution in [1.29, 1.82) is 0 Å². The van der Waals surface area contributed by atoms with Gasteiger partial charge in [-0.2, -0.15) is 0 Å². The highest BCUT2D eigenvalue weighted by Gasteiger charge is 2.12. The maximum Gasteiger partial charge on any atom is 0.238 e. The van der Waals surface area contributed by atoms with E-state index in [4.69, 9.17) is 0 Å². The van der Waals surface area contributed by atoms with Gasteiger partial charge in [-0.3, -0.25) is 4.21 Å². The Labute approximate surface area is 114 Å². The van der Waals surface area contributed by atoms with Crippen LogP contribution in [0.5, 0.6) is 0 Å². The topological polar surface area (TPSA) is 68.0 Å². The van der Waals surface area contributed by atoms with Crippen molar-refractivity contribution in [1.82, 2.24) is 14.8 Å². The van der Waals surface area contributed by atoms with Crippen molar-refractivity contribution in [2.24, 2.45) is 0 Å². The molecule has 0 spiro atoms. The molecule has 2 rings (SSSR count). The second-order valence-electron chi connectivity index (χ2n) is 4.64. The van der Waals surface area contributed by atoms with Crippen molar-refractivity contribution in [3.63, 3.8) is 0 Å². The standard InChI is InChI=1S/C13H17N3O2S/c1-9-4-10(2)6-11(5-9)12(17)7-16-8-14-13(15-16)19(3)18/h4-6,8,12,17H,7H2,1-3H3. The Balaban J connectivity index is 2.15. The van der Waals surface area contributed by atoms with Gasteiger partial charge in [0.25, 0.3) is 0 Å². The molecular weight excluding hydrogens is 262 g/mol. The first-order chi connectivity index (χ1) is 8.95. The quantitative estimate of drug-likeness (QED) is 0.917. The van der Waals surface area contributed by atoms with Crippen molar-refractivity contribution < 1.29 is 9.32 Å². The molecule has 0 bridgehead atoms. The van der Waals surface area contributed by atoms with Gasteiger partial charge in [0.15, 0.2) is 0 Å². The highest BCUT2D eigenvalue weighted by atomic mass is 32.2. The van der Waals surface area contributed by atoms with E-state index in [9.17, 15) is 9.32 Å². The summed E-state index contributed by atoms with van der Waals surface area (Å²) in [5.41, 5.74) is 3.08. The van der Waals surface area contributed by atoms with Crippen molar-refractivity contribution in [2.75, 3.05) is 6.26 Å². The molecule has 1 aromatic heterocycles. The Kier molecular flexibility index (Phi) is 4.11. The fourth-order valence-corrected chi connectivity index (χ4v) is 2.40. The summed E-state index contributed by atoms with van der Waals surface area (Å²) in [5.74, 6) is 0. The first-order valence-corrected chi connectivity index (χ1v) is 7.50. The van der Waals surface area contributed by atoms with E-state index in [0.717, 1.165) is 16.7 Å². The zero-order valence-corrected chi connectivity index (χ0v) is 12.0. The van der Waals surface area contributed by atoms with Gasteiger partial charge in [-0.25, -0.2) is 9.67 Å². The van der Waals surface area contributed by atoms with E-state index >= 15 is 0 Å². The Morgan fingerprint density at radius 3 is 2.47 bits per heavy atom. The van der Waals surface area contributed by atoms with Crippen molar-refractivity contribution >= 4 is 10.8 Å². The number of hydrogen-bond donors (Lipinski definition) is 1. The van der Waals surface area contributed by atoms with E-state index in [1.165, 1.54) is 17.3 Å². The Morgan fingerprint density at radius 1 is 1.32 bits per heavy atom. The van der Waals surface area contributed by atoms with Crippen LogP contribution in [0.4, 0.5) is 0 Å². The Hall–Kier alpha value is -1.53. The Morgan fingerprint density at radius 2 is 1.95 bits per heavy atom. The van der Waals surface area contributed by atoms with Crippen molar-refractivity contribution in [3.05, 3.63) is 41.2 Å². The van der Waals surface area contributed by atoms with Crippen LogP contribution < -0.4 is 0 Å². The normalized spacial score (nSPS) is 14.3. The molecule has 6 heteroatoms. The predicted octanol–water partition coefficient (Wildman–Crippen LogP) is 1.37. The van der Waals surface area contributed by atoms with Crippen LogP contribution in [0.25, 0.3) is 0 Å². The lowest BCUT2D eigenvalue weighted by molar-refractivity contribution is 0.151. The van der Waals surface area contributed by atoms with Crippen LogP contribution in [-0.4, -0.2) is 30.3 Å². The molecule has 0 aliphatic heterocycles. The molecule has 0 aliphatic rings. The van der Waals surface area contributed by atoms with Crippen LogP contribution in [0.1, 0.15) is 22.8 Å². The number of aliphatic hydroxyl groups is 1. The lowest BCUT2D eigenvalue weighted by Crippen LogP contribution is -2.10. The minimum absolute atomic E-state index is 0.285. The van der Waals surface area contributed by atoms with Crippen LogP contribution in [0.15, 0.2) is 29.7 Å². The van der Waals surface area contributed by atoms with Gasteiger partial charge >= 0.3 is 0 Å². The number of rotatable bonds is 4. The fraction of sp³-hybridized carbons (Fsp3) is 0.385. The summed E-state index contributed by atoms with van der Waals surface area (Å²) in [4.78, 5) is 3.94. The van der Waals surface area contributed by atoms with Gasteiger partial charge in [-0.15, -0.1) is 5.10 Å². The van der Waals surface area contributed by atoms with Crippen LogP contribution in [0, 0.1) is 13.8 Å². The number of aryl methyl sites for hydroxylation is 2. The molecule has 2 unspecified atom stereocenters. The van der Waals surface area contributed by atoms with E-state index < -0.39 is 16.9 Å². The minimum Gasteiger partial charge on any atom is -0.386 e. The zero-order valence-electron chi connectivity index (χ0n) is 11.2. The molecular formula is C13H17N3O2S. The molecule has 5 nitrogen and oxygen atoms in total. The summed E-state index contributed by atoms with van der Waals surface area (Å²) < 4.78 is 12.7. The maximum absolute atomic E-state index is 11.2. The average Bonchev–Trinajstić information content (AvgIpc) is 2.76. The predicted molar refractivity (Wildman–Crippen MR) is 73.2 cm³/mol. The molecule has 1 N–H and O–H groups in total. The minimum atomic E-state index is -1.20. The number of aromatic nitrogens is 3. The molecule has 2 aromatic rings. The van der Waals surface area contributed by atoms with E-state index in [1.54, 1.807) is 0 Å². The van der Waals surface area contributed by atoms with Crippen LogP contribution in [-0.2, 0) is 17.3 Å². The molecule has 102 valence electrons. The molecule has 0 radical (unpaired) electrons. The number of hydrogen-bond acceptors (Lipinski definition) is 4. The SMILES string of the molecule is Cc1cc(C)cc(C(O)Cn2cnc(S(C)=O)n2)c1. The van der Waals surface area contributed by atoms with E-state index in [2.05, 4.69) is 16.1 Å². The summed E-state index contributed by atoms with van der Waals surface area (Å²) >= 11 is 0. The molecule has 0 saturated heterocycles. The summed E-state index contributed by atoms with van der Waals surface area (Å²) in [6, 6.07) is 5.96. The van der Waals surface area contributed by atoms with Crippen LogP contribution in [0.2, 0.25) is 0 Å². The third-order valence-electron chi connectivity index (χ3n) is 2.76. The first kappa shape index (κ1) is 13.9. The van der Waals surface area contributed by atoms with E-state index in [0.29, 0.717) is 6.54 Å². The highest BCUT2D eigenvalue weighted by Crippen LogP contribution is 2.18. The monoisotopic (exact) mass is 279 g/mol. The van der Waals surface area contributed by atoms with Crippen molar-refractivity contribution in [2.45, 2.75) is 31.7 Å². The summed E-state index contributed by atoms with van der Waals surface area (Å²) in [6.07, 6.45) is 2.36.